The quantitative estimate of drug-likeness (QED) is 0.729. The van der Waals surface area contributed by atoms with Crippen LogP contribution in [0.5, 0.6) is 0 Å². The predicted octanol–water partition coefficient (Wildman–Crippen LogP) is 1.85. The molecule has 0 N–H and O–H groups in total. The number of aryl methyl sites for hydroxylation is 1. The Morgan fingerprint density at radius 3 is 2.62 bits per heavy atom. The van der Waals surface area contributed by atoms with Gasteiger partial charge in [0, 0.05) is 5.56 Å². The van der Waals surface area contributed by atoms with Gasteiger partial charge in [-0.2, -0.15) is 0 Å². The molecule has 86 valence electrons. The summed E-state index contributed by atoms with van der Waals surface area (Å²) >= 11 is 0. The number of ketones is 1. The molecule has 1 unspecified atom stereocenters. The van der Waals surface area contributed by atoms with E-state index in [-0.39, 0.29) is 5.78 Å². The fourth-order valence-corrected chi connectivity index (χ4v) is 1.73. The molecule has 16 heavy (non-hydrogen) atoms. The van der Waals surface area contributed by atoms with Gasteiger partial charge in [0.25, 0.3) is 0 Å². The molecular weight excluding hydrogens is 204 g/mol. The van der Waals surface area contributed by atoms with E-state index >= 15 is 0 Å². The molecule has 0 amide bonds. The van der Waals surface area contributed by atoms with Gasteiger partial charge in [-0.1, -0.05) is 31.2 Å². The van der Waals surface area contributed by atoms with Crippen molar-refractivity contribution in [1.82, 2.24) is 0 Å². The van der Waals surface area contributed by atoms with Crippen molar-refractivity contribution in [3.8, 4) is 0 Å². The summed E-state index contributed by atoms with van der Waals surface area (Å²) < 4.78 is 10.6. The lowest BCUT2D eigenvalue weighted by Crippen LogP contribution is -2.35. The highest BCUT2D eigenvalue weighted by Gasteiger charge is 2.23. The van der Waals surface area contributed by atoms with Crippen molar-refractivity contribution in [2.24, 2.45) is 0 Å². The van der Waals surface area contributed by atoms with Crippen LogP contribution in [0.15, 0.2) is 24.3 Å². The van der Waals surface area contributed by atoms with Gasteiger partial charge in [-0.25, -0.2) is 0 Å². The first-order valence-electron chi connectivity index (χ1n) is 5.63. The maximum atomic E-state index is 12.0. The Morgan fingerprint density at radius 1 is 1.31 bits per heavy atom. The Labute approximate surface area is 95.4 Å². The van der Waals surface area contributed by atoms with Crippen molar-refractivity contribution in [3.05, 3.63) is 35.4 Å². The van der Waals surface area contributed by atoms with Crippen LogP contribution in [0, 0.1) is 0 Å². The van der Waals surface area contributed by atoms with E-state index in [1.54, 1.807) is 0 Å². The fourth-order valence-electron chi connectivity index (χ4n) is 1.73. The molecule has 1 aliphatic heterocycles. The minimum atomic E-state index is -0.429. The first kappa shape index (κ1) is 11.3. The molecule has 0 aromatic heterocycles. The first-order valence-corrected chi connectivity index (χ1v) is 5.63. The van der Waals surface area contributed by atoms with E-state index in [2.05, 4.69) is 6.92 Å². The highest BCUT2D eigenvalue weighted by atomic mass is 16.6. The standard InChI is InChI=1S/C13H16O3/c1-2-10-3-5-11(6-4-10)13(14)12-9-15-7-8-16-12/h3-6,12H,2,7-9H2,1H3. The van der Waals surface area contributed by atoms with Crippen LogP contribution in [-0.4, -0.2) is 31.7 Å². The highest BCUT2D eigenvalue weighted by Crippen LogP contribution is 2.11. The smallest absolute Gasteiger partial charge is 0.193 e. The van der Waals surface area contributed by atoms with Crippen LogP contribution < -0.4 is 0 Å². The zero-order chi connectivity index (χ0) is 11.4. The molecule has 0 spiro atoms. The Morgan fingerprint density at radius 2 is 2.06 bits per heavy atom. The molecule has 1 atom stereocenters. The minimum Gasteiger partial charge on any atom is -0.376 e. The number of carbonyl (C=O) groups excluding carboxylic acids is 1. The number of hydrogen-bond acceptors (Lipinski definition) is 3. The highest BCUT2D eigenvalue weighted by molar-refractivity contribution is 5.99. The van der Waals surface area contributed by atoms with Crippen LogP contribution in [0.25, 0.3) is 0 Å². The van der Waals surface area contributed by atoms with Crippen molar-refractivity contribution in [2.45, 2.75) is 19.4 Å². The summed E-state index contributed by atoms with van der Waals surface area (Å²) in [5.74, 6) is 0.0161. The number of carbonyl (C=O) groups is 1. The number of Topliss-reactive ketones (excluding diaryl/α,β-unsaturated/α-hetero) is 1. The summed E-state index contributed by atoms with van der Waals surface area (Å²) in [7, 11) is 0. The number of hydrogen-bond donors (Lipinski definition) is 0. The Kier molecular flexibility index (Phi) is 3.70. The third kappa shape index (κ3) is 2.49. The third-order valence-corrected chi connectivity index (χ3v) is 2.76. The van der Waals surface area contributed by atoms with Crippen LogP contribution >= 0.6 is 0 Å². The van der Waals surface area contributed by atoms with Crippen LogP contribution in [0.4, 0.5) is 0 Å². The van der Waals surface area contributed by atoms with Crippen LogP contribution in [0.1, 0.15) is 22.8 Å². The maximum Gasteiger partial charge on any atom is 0.193 e. The molecule has 0 bridgehead atoms. The van der Waals surface area contributed by atoms with Gasteiger partial charge in [-0.3, -0.25) is 4.79 Å². The molecule has 1 fully saturated rings. The van der Waals surface area contributed by atoms with Gasteiger partial charge < -0.3 is 9.47 Å². The van der Waals surface area contributed by atoms with Crippen LogP contribution in [-0.2, 0) is 15.9 Å². The van der Waals surface area contributed by atoms with E-state index in [9.17, 15) is 4.79 Å². The Hall–Kier alpha value is -1.19. The maximum absolute atomic E-state index is 12.0. The largest absolute Gasteiger partial charge is 0.376 e. The van der Waals surface area contributed by atoms with Gasteiger partial charge in [0.15, 0.2) is 5.78 Å². The molecule has 1 aliphatic rings. The summed E-state index contributed by atoms with van der Waals surface area (Å²) in [6, 6.07) is 7.69. The molecule has 0 aliphatic carbocycles. The second-order valence-electron chi connectivity index (χ2n) is 3.85. The summed E-state index contributed by atoms with van der Waals surface area (Å²) in [6.45, 7) is 3.55. The van der Waals surface area contributed by atoms with Gasteiger partial charge >= 0.3 is 0 Å². The lowest BCUT2D eigenvalue weighted by molar-refractivity contribution is -0.0719. The van der Waals surface area contributed by atoms with Crippen molar-refractivity contribution in [2.75, 3.05) is 19.8 Å². The van der Waals surface area contributed by atoms with Crippen LogP contribution in [0.3, 0.4) is 0 Å². The van der Waals surface area contributed by atoms with Gasteiger partial charge in [-0.15, -0.1) is 0 Å². The second kappa shape index (κ2) is 5.23. The summed E-state index contributed by atoms with van der Waals surface area (Å²) in [5.41, 5.74) is 1.94. The summed E-state index contributed by atoms with van der Waals surface area (Å²) in [5, 5.41) is 0. The van der Waals surface area contributed by atoms with Crippen LogP contribution in [0.2, 0.25) is 0 Å². The molecule has 3 nitrogen and oxygen atoms in total. The number of benzene rings is 1. The Balaban J connectivity index is 2.07. The van der Waals surface area contributed by atoms with Crippen molar-refractivity contribution < 1.29 is 14.3 Å². The Bertz CT molecular complexity index is 350. The zero-order valence-corrected chi connectivity index (χ0v) is 9.44. The van der Waals surface area contributed by atoms with E-state index in [0.29, 0.717) is 25.4 Å². The molecule has 0 radical (unpaired) electrons. The van der Waals surface area contributed by atoms with Gasteiger partial charge in [0.2, 0.25) is 0 Å². The average molecular weight is 220 g/mol. The summed E-state index contributed by atoms with van der Waals surface area (Å²) in [6.07, 6.45) is 0.554. The molecule has 1 aromatic rings. The lowest BCUT2D eigenvalue weighted by atomic mass is 10.0. The van der Waals surface area contributed by atoms with Crippen molar-refractivity contribution >= 4 is 5.78 Å². The molecule has 0 saturated carbocycles. The SMILES string of the molecule is CCc1ccc(C(=O)C2COCCO2)cc1. The summed E-state index contributed by atoms with van der Waals surface area (Å²) in [4.78, 5) is 12.0. The van der Waals surface area contributed by atoms with Gasteiger partial charge in [0.05, 0.1) is 19.8 Å². The van der Waals surface area contributed by atoms with E-state index in [1.165, 1.54) is 5.56 Å². The molecule has 2 rings (SSSR count). The topological polar surface area (TPSA) is 35.5 Å². The average Bonchev–Trinajstić information content (AvgIpc) is 2.39. The minimum absolute atomic E-state index is 0.0161. The van der Waals surface area contributed by atoms with Crippen molar-refractivity contribution in [3.63, 3.8) is 0 Å². The zero-order valence-electron chi connectivity index (χ0n) is 9.44. The van der Waals surface area contributed by atoms with E-state index in [4.69, 9.17) is 9.47 Å². The first-order chi connectivity index (χ1) is 7.81. The molecular formula is C13H16O3. The lowest BCUT2D eigenvalue weighted by Gasteiger charge is -2.21. The van der Waals surface area contributed by atoms with Gasteiger partial charge in [-0.05, 0) is 12.0 Å². The number of rotatable bonds is 3. The molecule has 3 heteroatoms. The molecule has 1 saturated heterocycles. The van der Waals surface area contributed by atoms with E-state index in [1.807, 2.05) is 24.3 Å². The number of ether oxygens (including phenoxy) is 2. The van der Waals surface area contributed by atoms with E-state index in [0.717, 1.165) is 6.42 Å². The third-order valence-electron chi connectivity index (χ3n) is 2.76. The van der Waals surface area contributed by atoms with Crippen molar-refractivity contribution in [1.29, 1.82) is 0 Å². The normalized spacial score (nSPS) is 20.7. The molecule has 1 aromatic carbocycles. The second-order valence-corrected chi connectivity index (χ2v) is 3.85. The monoisotopic (exact) mass is 220 g/mol. The predicted molar refractivity (Wildman–Crippen MR) is 60.7 cm³/mol. The molecule has 1 heterocycles. The van der Waals surface area contributed by atoms with Gasteiger partial charge in [0.1, 0.15) is 6.10 Å². The fraction of sp³-hybridized carbons (Fsp3) is 0.462. The van der Waals surface area contributed by atoms with E-state index < -0.39 is 6.10 Å².